The van der Waals surface area contributed by atoms with Crippen molar-refractivity contribution in [2.45, 2.75) is 6.92 Å². The number of tetrazole rings is 1. The van der Waals surface area contributed by atoms with Crippen LogP contribution in [0.2, 0.25) is 0 Å². The van der Waals surface area contributed by atoms with Crippen LogP contribution in [0.1, 0.15) is 17.3 Å². The Labute approximate surface area is 125 Å². The first kappa shape index (κ1) is 13.4. The van der Waals surface area contributed by atoms with Gasteiger partial charge in [0.25, 0.3) is 0 Å². The average molecular weight is 300 g/mol. The van der Waals surface area contributed by atoms with Gasteiger partial charge >= 0.3 is 5.97 Å². The first-order valence-corrected chi connectivity index (χ1v) is 7.26. The SMILES string of the molecule is CCOC(=O)c1c(-c2ccccc2)csc1-n1cnnn1. The number of carbonyl (C=O) groups is 1. The molecule has 0 N–H and O–H groups in total. The summed E-state index contributed by atoms with van der Waals surface area (Å²) in [4.78, 5) is 12.3. The van der Waals surface area contributed by atoms with Gasteiger partial charge in [0.2, 0.25) is 0 Å². The summed E-state index contributed by atoms with van der Waals surface area (Å²) in [5.74, 6) is -0.372. The third-order valence-electron chi connectivity index (χ3n) is 2.89. The van der Waals surface area contributed by atoms with Crippen LogP contribution in [0, 0.1) is 0 Å². The van der Waals surface area contributed by atoms with Crippen molar-refractivity contribution in [1.29, 1.82) is 0 Å². The summed E-state index contributed by atoms with van der Waals surface area (Å²) in [5.41, 5.74) is 2.26. The van der Waals surface area contributed by atoms with E-state index in [0.717, 1.165) is 11.1 Å². The number of carbonyl (C=O) groups excluding carboxylic acids is 1. The summed E-state index contributed by atoms with van der Waals surface area (Å²) in [5, 5.41) is 13.6. The minimum absolute atomic E-state index is 0.317. The van der Waals surface area contributed by atoms with Gasteiger partial charge in [0.05, 0.1) is 6.61 Å². The molecule has 0 amide bonds. The number of esters is 1. The first-order chi connectivity index (χ1) is 10.3. The smallest absolute Gasteiger partial charge is 0.341 e. The lowest BCUT2D eigenvalue weighted by atomic mass is 10.0. The van der Waals surface area contributed by atoms with Crippen LogP contribution in [0.5, 0.6) is 0 Å². The number of rotatable bonds is 4. The number of hydrogen-bond acceptors (Lipinski definition) is 6. The molecule has 0 aliphatic carbocycles. The van der Waals surface area contributed by atoms with E-state index in [9.17, 15) is 4.79 Å². The second kappa shape index (κ2) is 5.84. The summed E-state index contributed by atoms with van der Waals surface area (Å²) in [6.45, 7) is 2.10. The highest BCUT2D eigenvalue weighted by atomic mass is 32.1. The maximum atomic E-state index is 12.3. The molecule has 0 radical (unpaired) electrons. The van der Waals surface area contributed by atoms with E-state index >= 15 is 0 Å². The molecular formula is C14H12N4O2S. The molecule has 6 nitrogen and oxygen atoms in total. The van der Waals surface area contributed by atoms with Crippen molar-refractivity contribution in [1.82, 2.24) is 20.2 Å². The molecule has 0 bridgehead atoms. The predicted molar refractivity (Wildman–Crippen MR) is 78.4 cm³/mol. The van der Waals surface area contributed by atoms with Crippen molar-refractivity contribution in [3.63, 3.8) is 0 Å². The van der Waals surface area contributed by atoms with E-state index in [1.807, 2.05) is 35.7 Å². The fourth-order valence-electron chi connectivity index (χ4n) is 2.00. The van der Waals surface area contributed by atoms with E-state index in [1.165, 1.54) is 22.3 Å². The fourth-order valence-corrected chi connectivity index (χ4v) is 2.99. The third kappa shape index (κ3) is 2.55. The fraction of sp³-hybridized carbons (Fsp3) is 0.143. The van der Waals surface area contributed by atoms with Crippen molar-refractivity contribution < 1.29 is 9.53 Å². The van der Waals surface area contributed by atoms with E-state index < -0.39 is 0 Å². The van der Waals surface area contributed by atoms with Crippen molar-refractivity contribution in [2.75, 3.05) is 6.61 Å². The van der Waals surface area contributed by atoms with Gasteiger partial charge in [-0.05, 0) is 22.9 Å². The molecule has 0 fully saturated rings. The zero-order valence-electron chi connectivity index (χ0n) is 11.3. The number of benzene rings is 1. The standard InChI is InChI=1S/C14H12N4O2S/c1-2-20-14(19)12-11(10-6-4-3-5-7-10)8-21-13(12)18-9-15-16-17-18/h3-9H,2H2,1H3. The molecule has 2 aromatic heterocycles. The third-order valence-corrected chi connectivity index (χ3v) is 3.86. The van der Waals surface area contributed by atoms with E-state index in [2.05, 4.69) is 15.5 Å². The van der Waals surface area contributed by atoms with Crippen LogP contribution in [-0.4, -0.2) is 32.8 Å². The van der Waals surface area contributed by atoms with Gasteiger partial charge < -0.3 is 4.74 Å². The van der Waals surface area contributed by atoms with E-state index in [4.69, 9.17) is 4.74 Å². The molecule has 0 aliphatic heterocycles. The highest BCUT2D eigenvalue weighted by Gasteiger charge is 2.23. The summed E-state index contributed by atoms with van der Waals surface area (Å²) >= 11 is 1.40. The zero-order valence-corrected chi connectivity index (χ0v) is 12.1. The van der Waals surface area contributed by atoms with Crippen LogP contribution in [0.4, 0.5) is 0 Å². The molecule has 0 atom stereocenters. The Bertz CT molecular complexity index is 738. The monoisotopic (exact) mass is 300 g/mol. The molecule has 3 aromatic rings. The second-order valence-electron chi connectivity index (χ2n) is 4.17. The Morgan fingerprint density at radius 3 is 2.81 bits per heavy atom. The topological polar surface area (TPSA) is 69.9 Å². The molecule has 21 heavy (non-hydrogen) atoms. The van der Waals surface area contributed by atoms with Gasteiger partial charge in [0.1, 0.15) is 16.9 Å². The first-order valence-electron chi connectivity index (χ1n) is 6.38. The van der Waals surface area contributed by atoms with Gasteiger partial charge in [-0.1, -0.05) is 30.3 Å². The molecule has 2 heterocycles. The highest BCUT2D eigenvalue weighted by Crippen LogP contribution is 2.34. The van der Waals surface area contributed by atoms with E-state index in [1.54, 1.807) is 6.92 Å². The Morgan fingerprint density at radius 2 is 2.14 bits per heavy atom. The second-order valence-corrected chi connectivity index (χ2v) is 5.03. The summed E-state index contributed by atoms with van der Waals surface area (Å²) in [7, 11) is 0. The van der Waals surface area contributed by atoms with Gasteiger partial charge in [0.15, 0.2) is 0 Å². The van der Waals surface area contributed by atoms with Crippen LogP contribution in [-0.2, 0) is 4.74 Å². The van der Waals surface area contributed by atoms with Crippen LogP contribution < -0.4 is 0 Å². The molecule has 1 aromatic carbocycles. The number of ether oxygens (including phenoxy) is 1. The van der Waals surface area contributed by atoms with E-state index in [0.29, 0.717) is 17.2 Å². The largest absolute Gasteiger partial charge is 0.462 e. The Kier molecular flexibility index (Phi) is 3.74. The van der Waals surface area contributed by atoms with Gasteiger partial charge in [-0.15, -0.1) is 16.4 Å². The Balaban J connectivity index is 2.15. The average Bonchev–Trinajstić information content (AvgIpc) is 3.17. The Hall–Kier alpha value is -2.54. The van der Waals surface area contributed by atoms with Crippen molar-refractivity contribution in [3.05, 3.63) is 47.6 Å². The number of nitrogens with zero attached hydrogens (tertiary/aromatic N) is 4. The summed E-state index contributed by atoms with van der Waals surface area (Å²) < 4.78 is 6.65. The molecule has 3 rings (SSSR count). The summed E-state index contributed by atoms with van der Waals surface area (Å²) in [6.07, 6.45) is 1.46. The minimum atomic E-state index is -0.372. The van der Waals surface area contributed by atoms with Crippen LogP contribution in [0.3, 0.4) is 0 Å². The van der Waals surface area contributed by atoms with Gasteiger partial charge in [-0.2, -0.15) is 4.68 Å². The molecular weight excluding hydrogens is 288 g/mol. The lowest BCUT2D eigenvalue weighted by molar-refractivity contribution is 0.0528. The molecule has 106 valence electrons. The van der Waals surface area contributed by atoms with Gasteiger partial charge in [-0.25, -0.2) is 4.79 Å². The number of hydrogen-bond donors (Lipinski definition) is 0. The quantitative estimate of drug-likeness (QED) is 0.693. The number of thiophene rings is 1. The maximum Gasteiger partial charge on any atom is 0.341 e. The van der Waals surface area contributed by atoms with Crippen molar-refractivity contribution in [3.8, 4) is 16.1 Å². The van der Waals surface area contributed by atoms with Crippen molar-refractivity contribution in [2.24, 2.45) is 0 Å². The normalized spacial score (nSPS) is 10.5. The maximum absolute atomic E-state index is 12.3. The Morgan fingerprint density at radius 1 is 1.33 bits per heavy atom. The predicted octanol–water partition coefficient (Wildman–Crippen LogP) is 2.57. The molecule has 0 aliphatic rings. The molecule has 0 spiro atoms. The van der Waals surface area contributed by atoms with Gasteiger partial charge in [-0.3, -0.25) is 0 Å². The van der Waals surface area contributed by atoms with Crippen LogP contribution in [0.15, 0.2) is 42.0 Å². The molecule has 0 saturated heterocycles. The minimum Gasteiger partial charge on any atom is -0.462 e. The lowest BCUT2D eigenvalue weighted by Gasteiger charge is -2.06. The zero-order chi connectivity index (χ0) is 14.7. The molecule has 0 unspecified atom stereocenters. The molecule has 0 saturated carbocycles. The number of aromatic nitrogens is 4. The van der Waals surface area contributed by atoms with Crippen molar-refractivity contribution >= 4 is 17.3 Å². The van der Waals surface area contributed by atoms with E-state index in [-0.39, 0.29) is 5.97 Å². The van der Waals surface area contributed by atoms with Crippen LogP contribution >= 0.6 is 11.3 Å². The molecule has 7 heteroatoms. The lowest BCUT2D eigenvalue weighted by Crippen LogP contribution is -2.09. The highest BCUT2D eigenvalue weighted by molar-refractivity contribution is 7.13. The van der Waals surface area contributed by atoms with Crippen LogP contribution in [0.25, 0.3) is 16.1 Å². The summed E-state index contributed by atoms with van der Waals surface area (Å²) in [6, 6.07) is 9.70. The van der Waals surface area contributed by atoms with Gasteiger partial charge in [0, 0.05) is 10.9 Å².